The Morgan fingerprint density at radius 3 is 2.77 bits per heavy atom. The Morgan fingerprint density at radius 2 is 1.95 bits per heavy atom. The second-order valence-electron chi connectivity index (χ2n) is 10.3. The third kappa shape index (κ3) is 4.89. The van der Waals surface area contributed by atoms with Crippen LogP contribution < -0.4 is 15.1 Å². The van der Waals surface area contributed by atoms with Crippen LogP contribution in [0.4, 0.5) is 23.4 Å². The summed E-state index contributed by atoms with van der Waals surface area (Å²) in [4.78, 5) is 30.6. The van der Waals surface area contributed by atoms with Crippen LogP contribution in [0.5, 0.6) is 0 Å². The first-order valence-corrected chi connectivity index (χ1v) is 14.2. The van der Waals surface area contributed by atoms with Gasteiger partial charge in [0.1, 0.15) is 22.5 Å². The second-order valence-corrected chi connectivity index (χ2v) is 11.3. The molecule has 3 saturated heterocycles. The summed E-state index contributed by atoms with van der Waals surface area (Å²) in [6.07, 6.45) is 4.81. The number of pyridine rings is 2. The number of β-amino-alcohol motifs (C(OH)–C–C–N with tert-alkyl or cyclic N) is 1. The molecule has 0 unspecified atom stereocenters. The highest BCUT2D eigenvalue weighted by molar-refractivity contribution is 7.21. The van der Waals surface area contributed by atoms with Gasteiger partial charge in [-0.15, -0.1) is 11.3 Å². The smallest absolute Gasteiger partial charge is 0.227 e. The number of hydrogen-bond donors (Lipinski definition) is 2. The van der Waals surface area contributed by atoms with E-state index in [0.29, 0.717) is 17.9 Å². The lowest BCUT2D eigenvalue weighted by atomic mass is 10.2. The number of nitrogens with one attached hydrogen (secondary N) is 1. The van der Waals surface area contributed by atoms with Crippen molar-refractivity contribution in [1.29, 1.82) is 0 Å². The number of aryl methyl sites for hydroxylation is 1. The van der Waals surface area contributed by atoms with E-state index in [1.54, 1.807) is 11.3 Å². The van der Waals surface area contributed by atoms with Crippen LogP contribution in [0.25, 0.3) is 20.8 Å². The van der Waals surface area contributed by atoms with Crippen molar-refractivity contribution in [2.45, 2.75) is 25.4 Å². The first-order valence-electron chi connectivity index (χ1n) is 13.4. The number of rotatable bonds is 7. The summed E-state index contributed by atoms with van der Waals surface area (Å²) < 4.78 is 6.51. The molecule has 0 radical (unpaired) electrons. The van der Waals surface area contributed by atoms with E-state index in [4.69, 9.17) is 19.7 Å². The fraction of sp³-hybridized carbons (Fsp3) is 0.444. The number of hydrogen-bond acceptors (Lipinski definition) is 12. The van der Waals surface area contributed by atoms with E-state index in [1.165, 1.54) is 0 Å². The van der Waals surface area contributed by atoms with Crippen LogP contribution in [0, 0.1) is 6.92 Å². The van der Waals surface area contributed by atoms with Gasteiger partial charge < -0.3 is 25.0 Å². The first-order chi connectivity index (χ1) is 19.1. The molecule has 2 bridgehead atoms. The molecule has 7 rings (SSSR count). The van der Waals surface area contributed by atoms with E-state index in [1.807, 2.05) is 37.5 Å². The number of morpholine rings is 1. The molecule has 2 atom stereocenters. The molecule has 7 heterocycles. The zero-order chi connectivity index (χ0) is 26.3. The van der Waals surface area contributed by atoms with Gasteiger partial charge in [-0.3, -0.25) is 4.90 Å². The van der Waals surface area contributed by atoms with Gasteiger partial charge in [0.25, 0.3) is 0 Å². The van der Waals surface area contributed by atoms with Crippen LogP contribution in [0.3, 0.4) is 0 Å². The Labute approximate surface area is 230 Å². The monoisotopic (exact) mass is 545 g/mol. The van der Waals surface area contributed by atoms with Gasteiger partial charge in [0.2, 0.25) is 5.95 Å². The summed E-state index contributed by atoms with van der Waals surface area (Å²) in [6, 6.07) is 8.87. The third-order valence-corrected chi connectivity index (χ3v) is 8.75. The van der Waals surface area contributed by atoms with E-state index < -0.39 is 0 Å². The molecule has 3 aliphatic heterocycles. The van der Waals surface area contributed by atoms with Crippen molar-refractivity contribution >= 4 is 45.0 Å². The average molecular weight is 546 g/mol. The van der Waals surface area contributed by atoms with Gasteiger partial charge in [0, 0.05) is 80.6 Å². The topological polar surface area (TPSA) is 116 Å². The van der Waals surface area contributed by atoms with Crippen molar-refractivity contribution in [3.63, 3.8) is 0 Å². The van der Waals surface area contributed by atoms with Crippen LogP contribution in [-0.4, -0.2) is 99.6 Å². The van der Waals surface area contributed by atoms with E-state index >= 15 is 0 Å². The van der Waals surface area contributed by atoms with Crippen molar-refractivity contribution in [3.05, 3.63) is 42.4 Å². The van der Waals surface area contributed by atoms with Gasteiger partial charge >= 0.3 is 0 Å². The van der Waals surface area contributed by atoms with Gasteiger partial charge in [-0.25, -0.2) is 19.9 Å². The van der Waals surface area contributed by atoms with E-state index in [2.05, 4.69) is 36.1 Å². The van der Waals surface area contributed by atoms with Gasteiger partial charge in [-0.05, 0) is 25.5 Å². The molecular formula is C27H31N9O2S. The average Bonchev–Trinajstić information content (AvgIpc) is 3.68. The summed E-state index contributed by atoms with van der Waals surface area (Å²) in [6.45, 7) is 7.91. The molecule has 2 N–H and O–H groups in total. The second kappa shape index (κ2) is 10.3. The number of anilines is 4. The molecule has 0 aromatic carbocycles. The molecule has 202 valence electrons. The maximum Gasteiger partial charge on any atom is 0.227 e. The zero-order valence-electron chi connectivity index (χ0n) is 21.8. The highest BCUT2D eigenvalue weighted by Crippen LogP contribution is 2.35. The predicted molar refractivity (Wildman–Crippen MR) is 152 cm³/mol. The molecule has 0 amide bonds. The van der Waals surface area contributed by atoms with Crippen molar-refractivity contribution in [2.75, 3.05) is 67.7 Å². The minimum atomic E-state index is 0.202. The molecule has 39 heavy (non-hydrogen) atoms. The largest absolute Gasteiger partial charge is 0.395 e. The number of aliphatic hydroxyl groups excluding tert-OH is 1. The summed E-state index contributed by atoms with van der Waals surface area (Å²) in [5, 5.41) is 13.7. The normalized spacial score (nSPS) is 21.3. The van der Waals surface area contributed by atoms with Crippen molar-refractivity contribution in [3.8, 4) is 10.6 Å². The molecule has 4 aromatic heterocycles. The molecule has 3 aliphatic rings. The maximum atomic E-state index is 9.33. The molecular weight excluding hydrogens is 514 g/mol. The number of fused-ring (bicyclic) bond motifs is 3. The Kier molecular flexibility index (Phi) is 6.47. The Morgan fingerprint density at radius 1 is 1.05 bits per heavy atom. The van der Waals surface area contributed by atoms with Crippen LogP contribution >= 0.6 is 11.3 Å². The first kappa shape index (κ1) is 24.6. The molecule has 4 aromatic rings. The maximum absolute atomic E-state index is 9.33. The fourth-order valence-electron chi connectivity index (χ4n) is 5.82. The number of piperazine rings is 1. The molecule has 11 nitrogen and oxygen atoms in total. The Bertz CT molecular complexity index is 1490. The summed E-state index contributed by atoms with van der Waals surface area (Å²) >= 11 is 1.63. The van der Waals surface area contributed by atoms with E-state index in [0.717, 1.165) is 96.4 Å². The lowest BCUT2D eigenvalue weighted by Gasteiger charge is -2.34. The van der Waals surface area contributed by atoms with Gasteiger partial charge in [-0.2, -0.15) is 4.98 Å². The lowest BCUT2D eigenvalue weighted by Crippen LogP contribution is -2.47. The number of thiazole rings is 1. The molecule has 0 saturated carbocycles. The third-order valence-electron chi connectivity index (χ3n) is 7.70. The predicted octanol–water partition coefficient (Wildman–Crippen LogP) is 2.69. The summed E-state index contributed by atoms with van der Waals surface area (Å²) in [5.74, 6) is 3.13. The molecule has 12 heteroatoms. The fourth-order valence-corrected chi connectivity index (χ4v) is 6.73. The van der Waals surface area contributed by atoms with Crippen molar-refractivity contribution in [1.82, 2.24) is 29.8 Å². The van der Waals surface area contributed by atoms with E-state index in [-0.39, 0.29) is 6.61 Å². The number of aromatic nitrogens is 5. The lowest BCUT2D eigenvalue weighted by molar-refractivity contribution is 0.122. The Balaban J connectivity index is 1.10. The standard InChI is InChI=1S/C27H31N9O2S/c1-17-10-24(33-27(30-17)36-16-19-12-20(36)15-35(19)4-7-37)32-23-13-21-22(14-29-23)39-26(31-21)18-2-3-28-25(11-18)34-5-8-38-9-6-34/h2-3,10-11,13-14,19-20,37H,4-9,12,15-16H2,1H3,(H,29,30,32,33)/t19-,20-/m0/s1. The Hall–Kier alpha value is -3.45. The minimum absolute atomic E-state index is 0.202. The van der Waals surface area contributed by atoms with Crippen LogP contribution in [-0.2, 0) is 4.74 Å². The van der Waals surface area contributed by atoms with Gasteiger partial charge in [-0.1, -0.05) is 0 Å². The number of ether oxygens (including phenoxy) is 1. The zero-order valence-corrected chi connectivity index (χ0v) is 22.6. The van der Waals surface area contributed by atoms with Gasteiger partial charge in [0.05, 0.1) is 30.0 Å². The van der Waals surface area contributed by atoms with Crippen LogP contribution in [0.15, 0.2) is 36.7 Å². The minimum Gasteiger partial charge on any atom is -0.395 e. The van der Waals surface area contributed by atoms with Crippen LogP contribution in [0.1, 0.15) is 12.1 Å². The highest BCUT2D eigenvalue weighted by atomic mass is 32.1. The van der Waals surface area contributed by atoms with E-state index in [9.17, 15) is 5.11 Å². The summed E-state index contributed by atoms with van der Waals surface area (Å²) in [7, 11) is 0. The van der Waals surface area contributed by atoms with Crippen LogP contribution in [0.2, 0.25) is 0 Å². The number of likely N-dealkylation sites (tertiary alicyclic amines) is 1. The summed E-state index contributed by atoms with van der Waals surface area (Å²) in [5.41, 5.74) is 2.85. The molecule has 3 fully saturated rings. The molecule has 0 spiro atoms. The quantitative estimate of drug-likeness (QED) is 0.357. The highest BCUT2D eigenvalue weighted by Gasteiger charge is 2.44. The number of aliphatic hydroxyl groups is 1. The van der Waals surface area contributed by atoms with Crippen molar-refractivity contribution in [2.24, 2.45) is 0 Å². The van der Waals surface area contributed by atoms with Gasteiger partial charge in [0.15, 0.2) is 0 Å². The number of nitrogens with zero attached hydrogens (tertiary/aromatic N) is 8. The van der Waals surface area contributed by atoms with Crippen molar-refractivity contribution < 1.29 is 9.84 Å². The molecule has 0 aliphatic carbocycles. The SMILES string of the molecule is Cc1cc(Nc2cc3nc(-c4ccnc(N5CCOCC5)c4)sc3cn2)nc(N2C[C@@H]3C[C@H]2CN3CCO)n1.